The summed E-state index contributed by atoms with van der Waals surface area (Å²) in [6, 6.07) is 17.6. The van der Waals surface area contributed by atoms with Crippen molar-refractivity contribution in [3.63, 3.8) is 0 Å². The number of hydrogen-bond acceptors (Lipinski definition) is 2. The molecule has 0 aliphatic carbocycles. The van der Waals surface area contributed by atoms with Crippen molar-refractivity contribution in [3.8, 4) is 16.9 Å². The predicted octanol–water partition coefficient (Wildman–Crippen LogP) is 6.91. The molecule has 0 spiro atoms. The van der Waals surface area contributed by atoms with E-state index in [4.69, 9.17) is 11.6 Å². The molecule has 9 heteroatoms. The van der Waals surface area contributed by atoms with Gasteiger partial charge in [0.2, 0.25) is 0 Å². The second-order valence-electron chi connectivity index (χ2n) is 7.27. The summed E-state index contributed by atoms with van der Waals surface area (Å²) in [5, 5.41) is 6.53. The number of nitrogens with zero attached hydrogens (tertiary/aromatic N) is 2. The fourth-order valence-corrected chi connectivity index (χ4v) is 3.41. The fraction of sp³-hybridized carbons (Fsp3) is 0.0833. The molecule has 0 saturated heterocycles. The summed E-state index contributed by atoms with van der Waals surface area (Å²) in [4.78, 5) is 12.5. The molecule has 0 atom stereocenters. The van der Waals surface area contributed by atoms with E-state index in [1.165, 1.54) is 30.3 Å². The highest BCUT2D eigenvalue weighted by molar-refractivity contribution is 6.32. The molecule has 0 unspecified atom stereocenters. The van der Waals surface area contributed by atoms with Crippen LogP contribution in [0, 0.1) is 12.7 Å². The Morgan fingerprint density at radius 2 is 1.70 bits per heavy atom. The smallest absolute Gasteiger partial charge is 0.322 e. The Hall–Kier alpha value is -3.65. The van der Waals surface area contributed by atoms with E-state index < -0.39 is 23.6 Å². The van der Waals surface area contributed by atoms with Crippen molar-refractivity contribution < 1.29 is 22.4 Å². The van der Waals surface area contributed by atoms with Gasteiger partial charge in [-0.25, -0.2) is 9.07 Å². The van der Waals surface area contributed by atoms with Gasteiger partial charge in [0.15, 0.2) is 5.69 Å². The first-order valence-corrected chi connectivity index (χ1v) is 10.1. The van der Waals surface area contributed by atoms with E-state index in [0.717, 1.165) is 10.7 Å². The third-order valence-electron chi connectivity index (χ3n) is 4.95. The summed E-state index contributed by atoms with van der Waals surface area (Å²) < 4.78 is 54.9. The molecule has 0 radical (unpaired) electrons. The van der Waals surface area contributed by atoms with Gasteiger partial charge in [-0.05, 0) is 55.0 Å². The zero-order valence-corrected chi connectivity index (χ0v) is 17.9. The number of alkyl halides is 3. The number of halogens is 5. The summed E-state index contributed by atoms with van der Waals surface area (Å²) in [6.45, 7) is 1.61. The highest BCUT2D eigenvalue weighted by Crippen LogP contribution is 2.34. The van der Waals surface area contributed by atoms with Crippen molar-refractivity contribution >= 4 is 23.2 Å². The summed E-state index contributed by atoms with van der Waals surface area (Å²) in [5.41, 5.74) is 0.761. The van der Waals surface area contributed by atoms with Gasteiger partial charge in [-0.1, -0.05) is 41.9 Å². The number of anilines is 1. The van der Waals surface area contributed by atoms with Crippen molar-refractivity contribution in [2.24, 2.45) is 0 Å². The molecule has 0 fully saturated rings. The molecule has 33 heavy (non-hydrogen) atoms. The molecule has 0 bridgehead atoms. The molecular formula is C24H16ClF4N3O. The Kier molecular flexibility index (Phi) is 5.95. The number of carbonyl (C=O) groups excluding carboxylic acids is 1. The van der Waals surface area contributed by atoms with E-state index in [1.54, 1.807) is 43.3 Å². The van der Waals surface area contributed by atoms with Crippen LogP contribution in [0.3, 0.4) is 0 Å². The second-order valence-corrected chi connectivity index (χ2v) is 7.68. The van der Waals surface area contributed by atoms with Crippen LogP contribution in [-0.2, 0) is 6.18 Å². The molecule has 4 nitrogen and oxygen atoms in total. The van der Waals surface area contributed by atoms with Crippen molar-refractivity contribution in [2.45, 2.75) is 13.1 Å². The average molecular weight is 474 g/mol. The van der Waals surface area contributed by atoms with E-state index in [1.807, 2.05) is 0 Å². The van der Waals surface area contributed by atoms with E-state index >= 15 is 0 Å². The standard InChI is InChI=1S/C24H16ClF4N3O/c1-14-6-11-17(12-19(14)26)30-23(33)16-9-7-15(8-10-16)21-13-22(24(27,28)29)31-32(21)20-5-3-2-4-18(20)25/h2-13H,1H3,(H,30,33). The molecule has 1 heterocycles. The zero-order valence-electron chi connectivity index (χ0n) is 17.1. The SMILES string of the molecule is Cc1ccc(NC(=O)c2ccc(-c3cc(C(F)(F)F)nn3-c3ccccc3Cl)cc2)cc1F. The minimum Gasteiger partial charge on any atom is -0.322 e. The number of nitrogens with one attached hydrogen (secondary N) is 1. The maximum absolute atomic E-state index is 13.7. The largest absolute Gasteiger partial charge is 0.435 e. The lowest BCUT2D eigenvalue weighted by Crippen LogP contribution is -2.12. The third-order valence-corrected chi connectivity index (χ3v) is 5.27. The summed E-state index contributed by atoms with van der Waals surface area (Å²) >= 11 is 6.18. The molecule has 168 valence electrons. The van der Waals surface area contributed by atoms with Gasteiger partial charge >= 0.3 is 6.18 Å². The van der Waals surface area contributed by atoms with E-state index in [0.29, 0.717) is 16.8 Å². The van der Waals surface area contributed by atoms with Crippen molar-refractivity contribution in [2.75, 3.05) is 5.32 Å². The van der Waals surface area contributed by atoms with E-state index in [-0.39, 0.29) is 22.0 Å². The Bertz CT molecular complexity index is 1330. The van der Waals surface area contributed by atoms with Crippen LogP contribution in [0.4, 0.5) is 23.2 Å². The molecule has 0 saturated carbocycles. The third kappa shape index (κ3) is 4.75. The van der Waals surface area contributed by atoms with Gasteiger partial charge in [-0.3, -0.25) is 4.79 Å². The van der Waals surface area contributed by atoms with Crippen LogP contribution in [0.25, 0.3) is 16.9 Å². The van der Waals surface area contributed by atoms with Gasteiger partial charge < -0.3 is 5.32 Å². The van der Waals surface area contributed by atoms with Gasteiger partial charge in [0.05, 0.1) is 16.4 Å². The first-order chi connectivity index (χ1) is 15.6. The molecule has 1 aromatic heterocycles. The molecule has 0 aliphatic heterocycles. The Morgan fingerprint density at radius 3 is 2.33 bits per heavy atom. The lowest BCUT2D eigenvalue weighted by atomic mass is 10.1. The molecule has 3 aromatic carbocycles. The molecule has 0 aliphatic rings. The molecule has 1 amide bonds. The molecule has 4 rings (SSSR count). The van der Waals surface area contributed by atoms with Crippen LogP contribution < -0.4 is 5.32 Å². The number of rotatable bonds is 4. The van der Waals surface area contributed by atoms with Gasteiger partial charge in [0, 0.05) is 16.8 Å². The minimum absolute atomic E-state index is 0.156. The minimum atomic E-state index is -4.65. The second kappa shape index (κ2) is 8.71. The lowest BCUT2D eigenvalue weighted by Gasteiger charge is -2.10. The van der Waals surface area contributed by atoms with Crippen molar-refractivity contribution in [3.05, 3.63) is 100 Å². The highest BCUT2D eigenvalue weighted by Gasteiger charge is 2.35. The summed E-state index contributed by atoms with van der Waals surface area (Å²) in [5.74, 6) is -0.933. The Balaban J connectivity index is 1.67. The fourth-order valence-electron chi connectivity index (χ4n) is 3.20. The van der Waals surface area contributed by atoms with Gasteiger partial charge in [0.1, 0.15) is 5.82 Å². The number of aryl methyl sites for hydroxylation is 1. The van der Waals surface area contributed by atoms with Gasteiger partial charge in [-0.15, -0.1) is 0 Å². The normalized spacial score (nSPS) is 11.5. The first-order valence-electron chi connectivity index (χ1n) is 9.73. The highest BCUT2D eigenvalue weighted by atomic mass is 35.5. The number of carbonyl (C=O) groups is 1. The summed E-state index contributed by atoms with van der Waals surface area (Å²) in [6.07, 6.45) is -4.65. The average Bonchev–Trinajstić information content (AvgIpc) is 3.22. The number of hydrogen-bond donors (Lipinski definition) is 1. The maximum atomic E-state index is 13.7. The molecule has 1 N–H and O–H groups in total. The molecule has 4 aromatic rings. The summed E-state index contributed by atoms with van der Waals surface area (Å²) in [7, 11) is 0. The Labute approximate surface area is 191 Å². The number of amides is 1. The first kappa shape index (κ1) is 22.5. The van der Waals surface area contributed by atoms with Crippen LogP contribution in [0.15, 0.2) is 72.8 Å². The van der Waals surface area contributed by atoms with Gasteiger partial charge in [0.25, 0.3) is 5.91 Å². The monoisotopic (exact) mass is 473 g/mol. The van der Waals surface area contributed by atoms with E-state index in [2.05, 4.69) is 10.4 Å². The zero-order chi connectivity index (χ0) is 23.8. The van der Waals surface area contributed by atoms with Crippen LogP contribution in [-0.4, -0.2) is 15.7 Å². The van der Waals surface area contributed by atoms with Gasteiger partial charge in [-0.2, -0.15) is 18.3 Å². The van der Waals surface area contributed by atoms with Crippen LogP contribution in [0.2, 0.25) is 5.02 Å². The van der Waals surface area contributed by atoms with Crippen molar-refractivity contribution in [1.82, 2.24) is 9.78 Å². The molecular weight excluding hydrogens is 458 g/mol. The van der Waals surface area contributed by atoms with Crippen LogP contribution in [0.5, 0.6) is 0 Å². The van der Waals surface area contributed by atoms with Crippen LogP contribution in [0.1, 0.15) is 21.6 Å². The number of benzene rings is 3. The van der Waals surface area contributed by atoms with E-state index in [9.17, 15) is 22.4 Å². The van der Waals surface area contributed by atoms with Crippen LogP contribution >= 0.6 is 11.6 Å². The predicted molar refractivity (Wildman–Crippen MR) is 118 cm³/mol. The quantitative estimate of drug-likeness (QED) is 0.327. The maximum Gasteiger partial charge on any atom is 0.435 e. The topological polar surface area (TPSA) is 46.9 Å². The number of para-hydroxylation sites is 1. The Morgan fingerprint density at radius 1 is 1.00 bits per heavy atom. The number of aromatic nitrogens is 2. The van der Waals surface area contributed by atoms with Crippen molar-refractivity contribution in [1.29, 1.82) is 0 Å². The lowest BCUT2D eigenvalue weighted by molar-refractivity contribution is -0.141.